The van der Waals surface area contributed by atoms with Gasteiger partial charge in [0.05, 0.1) is 0 Å². The molecule has 0 aliphatic heterocycles. The predicted octanol–water partition coefficient (Wildman–Crippen LogP) is 3.47. The van der Waals surface area contributed by atoms with Crippen LogP contribution in [0.25, 0.3) is 6.08 Å². The average Bonchev–Trinajstić information content (AvgIpc) is 2.96. The summed E-state index contributed by atoms with van der Waals surface area (Å²) in [5.74, 6) is -1.53. The number of nitrogens with one attached hydrogen (secondary N) is 1. The summed E-state index contributed by atoms with van der Waals surface area (Å²) in [6.07, 6.45) is 2.96. The molecule has 108 valence electrons. The van der Waals surface area contributed by atoms with Crippen LogP contribution in [0.15, 0.2) is 52.3 Å². The van der Waals surface area contributed by atoms with Gasteiger partial charge in [-0.05, 0) is 35.2 Å². The van der Waals surface area contributed by atoms with Crippen LogP contribution in [0.5, 0.6) is 0 Å². The minimum absolute atomic E-state index is 0.448. The first-order valence-electron chi connectivity index (χ1n) is 6.06. The zero-order valence-corrected chi connectivity index (χ0v) is 13.2. The predicted molar refractivity (Wildman–Crippen MR) is 86.0 cm³/mol. The molecule has 2 N–H and O–H groups in total. The number of aliphatic carboxylic acids is 1. The first-order valence-corrected chi connectivity index (χ1v) is 7.74. The van der Waals surface area contributed by atoms with Crippen molar-refractivity contribution >= 4 is 45.2 Å². The fourth-order valence-electron chi connectivity index (χ4n) is 1.68. The van der Waals surface area contributed by atoms with Crippen LogP contribution in [0, 0.1) is 0 Å². The zero-order valence-electron chi connectivity index (χ0n) is 10.8. The summed E-state index contributed by atoms with van der Waals surface area (Å²) in [4.78, 5) is 23.6. The highest BCUT2D eigenvalue weighted by molar-refractivity contribution is 9.10. The molecule has 1 heterocycles. The van der Waals surface area contributed by atoms with E-state index in [9.17, 15) is 14.7 Å². The lowest BCUT2D eigenvalue weighted by atomic mass is 10.2. The summed E-state index contributed by atoms with van der Waals surface area (Å²) in [6, 6.07) is 9.85. The van der Waals surface area contributed by atoms with Crippen LogP contribution in [0.4, 0.5) is 0 Å². The molecule has 0 aliphatic rings. The van der Waals surface area contributed by atoms with E-state index in [-0.39, 0.29) is 0 Å². The zero-order chi connectivity index (χ0) is 15.2. The highest BCUT2D eigenvalue weighted by Gasteiger charge is 2.21. The topological polar surface area (TPSA) is 66.4 Å². The number of benzene rings is 1. The molecule has 1 aromatic carbocycles. The third-order valence-electron chi connectivity index (χ3n) is 2.64. The molecule has 0 fully saturated rings. The van der Waals surface area contributed by atoms with E-state index in [0.29, 0.717) is 4.88 Å². The maximum absolute atomic E-state index is 11.8. The van der Waals surface area contributed by atoms with E-state index in [4.69, 9.17) is 0 Å². The van der Waals surface area contributed by atoms with E-state index >= 15 is 0 Å². The molecule has 0 saturated carbocycles. The Balaban J connectivity index is 2.05. The van der Waals surface area contributed by atoms with E-state index in [1.807, 2.05) is 24.3 Å². The number of carbonyl (C=O) groups excluding carboxylic acids is 1. The molecule has 1 amide bonds. The summed E-state index contributed by atoms with van der Waals surface area (Å²) in [5, 5.41) is 13.4. The van der Waals surface area contributed by atoms with Gasteiger partial charge in [0.15, 0.2) is 6.04 Å². The SMILES string of the molecule is O=C(/C=C/c1cccc(Br)c1)NC(C(=O)O)c1cccs1. The van der Waals surface area contributed by atoms with Crippen molar-refractivity contribution in [2.45, 2.75) is 6.04 Å². The van der Waals surface area contributed by atoms with Gasteiger partial charge in [-0.25, -0.2) is 4.79 Å². The molecule has 21 heavy (non-hydrogen) atoms. The smallest absolute Gasteiger partial charge is 0.331 e. The third kappa shape index (κ3) is 4.54. The van der Waals surface area contributed by atoms with Gasteiger partial charge in [-0.2, -0.15) is 0 Å². The van der Waals surface area contributed by atoms with Crippen molar-refractivity contribution in [2.75, 3.05) is 0 Å². The maximum Gasteiger partial charge on any atom is 0.331 e. The quantitative estimate of drug-likeness (QED) is 0.797. The van der Waals surface area contributed by atoms with E-state index < -0.39 is 17.9 Å². The monoisotopic (exact) mass is 365 g/mol. The highest BCUT2D eigenvalue weighted by atomic mass is 79.9. The Bertz CT molecular complexity index is 667. The van der Waals surface area contributed by atoms with E-state index in [1.54, 1.807) is 23.6 Å². The van der Waals surface area contributed by atoms with Crippen molar-refractivity contribution in [1.82, 2.24) is 5.32 Å². The van der Waals surface area contributed by atoms with Gasteiger partial charge in [-0.3, -0.25) is 4.79 Å². The second kappa shape index (κ2) is 7.19. The molecule has 1 unspecified atom stereocenters. The van der Waals surface area contributed by atoms with Gasteiger partial charge in [0.2, 0.25) is 5.91 Å². The van der Waals surface area contributed by atoms with Crippen LogP contribution < -0.4 is 5.32 Å². The van der Waals surface area contributed by atoms with Crippen molar-refractivity contribution in [1.29, 1.82) is 0 Å². The number of halogens is 1. The molecule has 0 radical (unpaired) electrons. The van der Waals surface area contributed by atoms with Gasteiger partial charge in [0, 0.05) is 15.4 Å². The molecule has 0 saturated heterocycles. The van der Waals surface area contributed by atoms with Crippen LogP contribution in [0.3, 0.4) is 0 Å². The second-order valence-corrected chi connectivity index (χ2v) is 6.08. The van der Waals surface area contributed by atoms with Crippen molar-refractivity contribution in [3.63, 3.8) is 0 Å². The Morgan fingerprint density at radius 2 is 2.10 bits per heavy atom. The minimum Gasteiger partial charge on any atom is -0.479 e. The van der Waals surface area contributed by atoms with Gasteiger partial charge >= 0.3 is 5.97 Å². The number of carboxylic acids is 1. The van der Waals surface area contributed by atoms with Crippen LogP contribution in [0.1, 0.15) is 16.5 Å². The fourth-order valence-corrected chi connectivity index (χ4v) is 2.87. The summed E-state index contributed by atoms with van der Waals surface area (Å²) in [7, 11) is 0. The molecule has 1 atom stereocenters. The number of carbonyl (C=O) groups is 2. The highest BCUT2D eigenvalue weighted by Crippen LogP contribution is 2.19. The Labute approximate surface area is 134 Å². The first kappa shape index (κ1) is 15.5. The minimum atomic E-state index is -1.08. The van der Waals surface area contributed by atoms with E-state index in [1.165, 1.54) is 17.4 Å². The lowest BCUT2D eigenvalue weighted by Crippen LogP contribution is -2.31. The van der Waals surface area contributed by atoms with Crippen LogP contribution in [0.2, 0.25) is 0 Å². The van der Waals surface area contributed by atoms with Gasteiger partial charge in [0.1, 0.15) is 0 Å². The van der Waals surface area contributed by atoms with Gasteiger partial charge in [-0.15, -0.1) is 11.3 Å². The Hall–Kier alpha value is -1.92. The molecule has 6 heteroatoms. The van der Waals surface area contributed by atoms with E-state index in [0.717, 1.165) is 10.0 Å². The standard InChI is InChI=1S/C15H12BrNO3S/c16-11-4-1-3-10(9-11)6-7-13(18)17-14(15(19)20)12-5-2-8-21-12/h1-9,14H,(H,17,18)(H,19,20)/b7-6+. The Kier molecular flexibility index (Phi) is 5.30. The first-order chi connectivity index (χ1) is 10.1. The third-order valence-corrected chi connectivity index (χ3v) is 4.07. The molecule has 0 bridgehead atoms. The summed E-state index contributed by atoms with van der Waals surface area (Å²) < 4.78 is 0.909. The van der Waals surface area contributed by atoms with Gasteiger partial charge < -0.3 is 10.4 Å². The van der Waals surface area contributed by atoms with E-state index in [2.05, 4.69) is 21.2 Å². The summed E-state index contributed by atoms with van der Waals surface area (Å²) >= 11 is 4.64. The number of carboxylic acid groups (broad SMARTS) is 1. The molecule has 4 nitrogen and oxygen atoms in total. The number of amides is 1. The van der Waals surface area contributed by atoms with Gasteiger partial charge in [0.25, 0.3) is 0 Å². The van der Waals surface area contributed by atoms with Gasteiger partial charge in [-0.1, -0.05) is 34.1 Å². The summed E-state index contributed by atoms with van der Waals surface area (Å²) in [5.41, 5.74) is 0.850. The van der Waals surface area contributed by atoms with Crippen molar-refractivity contribution in [3.8, 4) is 0 Å². The van der Waals surface area contributed by atoms with Crippen LogP contribution in [-0.4, -0.2) is 17.0 Å². The largest absolute Gasteiger partial charge is 0.479 e. The lowest BCUT2D eigenvalue weighted by Gasteiger charge is -2.11. The lowest BCUT2D eigenvalue weighted by molar-refractivity contribution is -0.141. The molecule has 0 spiro atoms. The summed E-state index contributed by atoms with van der Waals surface area (Å²) in [6.45, 7) is 0. The number of hydrogen-bond donors (Lipinski definition) is 2. The molecule has 0 aliphatic carbocycles. The molecule has 2 aromatic rings. The fraction of sp³-hybridized carbons (Fsp3) is 0.0667. The van der Waals surface area contributed by atoms with Crippen LogP contribution >= 0.6 is 27.3 Å². The molecular weight excluding hydrogens is 354 g/mol. The van der Waals surface area contributed by atoms with Crippen molar-refractivity contribution < 1.29 is 14.7 Å². The van der Waals surface area contributed by atoms with Crippen molar-refractivity contribution in [2.24, 2.45) is 0 Å². The number of hydrogen-bond acceptors (Lipinski definition) is 3. The average molecular weight is 366 g/mol. The molecular formula is C15H12BrNO3S. The number of thiophene rings is 1. The number of rotatable bonds is 5. The molecule has 2 rings (SSSR count). The molecule has 1 aromatic heterocycles. The van der Waals surface area contributed by atoms with Crippen LogP contribution in [-0.2, 0) is 9.59 Å². The second-order valence-electron chi connectivity index (χ2n) is 4.18. The Morgan fingerprint density at radius 1 is 1.29 bits per heavy atom. The maximum atomic E-state index is 11.8. The van der Waals surface area contributed by atoms with Crippen molar-refractivity contribution in [3.05, 3.63) is 62.8 Å². The normalized spacial score (nSPS) is 12.2. The Morgan fingerprint density at radius 3 is 2.71 bits per heavy atom.